The number of rotatable bonds is 4. The molecule has 30 heavy (non-hydrogen) atoms. The van der Waals surface area contributed by atoms with E-state index in [0.717, 1.165) is 28.1 Å². The molecule has 0 spiro atoms. The molecule has 0 amide bonds. The highest BCUT2D eigenvalue weighted by Gasteiger charge is 2.53. The van der Waals surface area contributed by atoms with E-state index in [1.807, 2.05) is 25.1 Å². The predicted molar refractivity (Wildman–Crippen MR) is 115 cm³/mol. The maximum absolute atomic E-state index is 12.4. The van der Waals surface area contributed by atoms with Crippen LogP contribution in [0.15, 0.2) is 30.3 Å². The number of fused-ring (bicyclic) bond motifs is 1. The standard InChI is InChI=1S/C24H25N3O2S/c1-14-25-19(13-29-22(28)18-5-3-2-4-6-18)20-21(26-14)30-23(27-20)24-10-15-7-16(11-24)9-17(8-15)12-24/h2-6,15-17H,7-13H2,1H3. The molecule has 2 aromatic heterocycles. The molecule has 4 saturated carbocycles. The summed E-state index contributed by atoms with van der Waals surface area (Å²) >= 11 is 1.74. The van der Waals surface area contributed by atoms with Gasteiger partial charge in [-0.05, 0) is 75.3 Å². The van der Waals surface area contributed by atoms with Crippen LogP contribution in [0.5, 0.6) is 0 Å². The van der Waals surface area contributed by atoms with Gasteiger partial charge < -0.3 is 4.74 Å². The first kappa shape index (κ1) is 18.4. The van der Waals surface area contributed by atoms with Crippen LogP contribution in [-0.2, 0) is 16.8 Å². The van der Waals surface area contributed by atoms with Gasteiger partial charge in [-0.25, -0.2) is 19.7 Å². The monoisotopic (exact) mass is 419 g/mol. The third-order valence-corrected chi connectivity index (χ3v) is 8.48. The molecule has 4 bridgehead atoms. The minimum absolute atomic E-state index is 0.123. The lowest BCUT2D eigenvalue weighted by Gasteiger charge is -2.56. The number of aromatic nitrogens is 3. The van der Waals surface area contributed by atoms with Crippen molar-refractivity contribution < 1.29 is 9.53 Å². The van der Waals surface area contributed by atoms with Gasteiger partial charge in [-0.3, -0.25) is 0 Å². The smallest absolute Gasteiger partial charge is 0.338 e. The number of ether oxygens (including phenoxy) is 1. The zero-order valence-corrected chi connectivity index (χ0v) is 18.0. The van der Waals surface area contributed by atoms with Gasteiger partial charge in [0.1, 0.15) is 33.5 Å². The van der Waals surface area contributed by atoms with E-state index >= 15 is 0 Å². The molecule has 0 aliphatic heterocycles. The van der Waals surface area contributed by atoms with Gasteiger partial charge in [-0.2, -0.15) is 0 Å². The van der Waals surface area contributed by atoms with Crippen LogP contribution in [0.4, 0.5) is 0 Å². The van der Waals surface area contributed by atoms with Crippen LogP contribution in [0.2, 0.25) is 0 Å². The summed E-state index contributed by atoms with van der Waals surface area (Å²) in [4.78, 5) is 27.7. The van der Waals surface area contributed by atoms with Crippen molar-refractivity contribution in [3.8, 4) is 0 Å². The summed E-state index contributed by atoms with van der Waals surface area (Å²) in [6, 6.07) is 9.08. The summed E-state index contributed by atoms with van der Waals surface area (Å²) in [5.41, 5.74) is 2.32. The lowest BCUT2D eigenvalue weighted by Crippen LogP contribution is -2.48. The van der Waals surface area contributed by atoms with Crippen molar-refractivity contribution in [3.63, 3.8) is 0 Å². The van der Waals surface area contributed by atoms with Gasteiger partial charge in [0.2, 0.25) is 0 Å². The molecule has 1 aromatic carbocycles. The number of esters is 1. The lowest BCUT2D eigenvalue weighted by molar-refractivity contribution is -0.00520. The minimum atomic E-state index is -0.337. The van der Waals surface area contributed by atoms with Gasteiger partial charge >= 0.3 is 5.97 Å². The number of aryl methyl sites for hydroxylation is 1. The molecule has 0 atom stereocenters. The van der Waals surface area contributed by atoms with Crippen molar-refractivity contribution in [1.82, 2.24) is 15.0 Å². The average Bonchev–Trinajstić information content (AvgIpc) is 3.16. The van der Waals surface area contributed by atoms with Crippen molar-refractivity contribution in [1.29, 1.82) is 0 Å². The van der Waals surface area contributed by atoms with Crippen LogP contribution >= 0.6 is 11.3 Å². The van der Waals surface area contributed by atoms with Crippen molar-refractivity contribution >= 4 is 27.7 Å². The van der Waals surface area contributed by atoms with Gasteiger partial charge in [0.05, 0.1) is 5.56 Å². The van der Waals surface area contributed by atoms with Gasteiger partial charge in [-0.1, -0.05) is 29.5 Å². The Hall–Kier alpha value is -2.34. The van der Waals surface area contributed by atoms with E-state index in [9.17, 15) is 4.79 Å². The molecule has 6 heteroatoms. The fraction of sp³-hybridized carbons (Fsp3) is 0.500. The molecule has 0 saturated heterocycles. The fourth-order valence-electron chi connectivity index (χ4n) is 6.49. The summed E-state index contributed by atoms with van der Waals surface area (Å²) in [6.07, 6.45) is 8.11. The van der Waals surface area contributed by atoms with Gasteiger partial charge in [-0.15, -0.1) is 0 Å². The molecule has 5 nitrogen and oxygen atoms in total. The third kappa shape index (κ3) is 3.04. The predicted octanol–water partition coefficient (Wildman–Crippen LogP) is 5.22. The Balaban J connectivity index is 1.32. The summed E-state index contributed by atoms with van der Waals surface area (Å²) < 4.78 is 5.57. The van der Waals surface area contributed by atoms with E-state index in [2.05, 4.69) is 9.97 Å². The van der Waals surface area contributed by atoms with Crippen molar-refractivity contribution in [2.75, 3.05) is 0 Å². The number of nitrogens with zero attached hydrogens (tertiary/aromatic N) is 3. The van der Waals surface area contributed by atoms with Crippen molar-refractivity contribution in [3.05, 3.63) is 52.4 Å². The van der Waals surface area contributed by atoms with Crippen LogP contribution in [0, 0.1) is 24.7 Å². The van der Waals surface area contributed by atoms with E-state index in [-0.39, 0.29) is 18.0 Å². The third-order valence-electron chi connectivity index (χ3n) is 7.28. The molecule has 0 radical (unpaired) electrons. The molecular weight excluding hydrogens is 394 g/mol. The summed E-state index contributed by atoms with van der Waals surface area (Å²) in [6.45, 7) is 2.02. The number of benzene rings is 1. The number of carbonyl (C=O) groups excluding carboxylic acids is 1. The molecule has 4 aliphatic rings. The molecule has 2 heterocycles. The van der Waals surface area contributed by atoms with Crippen LogP contribution in [-0.4, -0.2) is 20.9 Å². The van der Waals surface area contributed by atoms with Gasteiger partial charge in [0.15, 0.2) is 0 Å². The van der Waals surface area contributed by atoms with Crippen LogP contribution in [0.1, 0.15) is 65.4 Å². The highest BCUT2D eigenvalue weighted by molar-refractivity contribution is 7.18. The molecule has 0 N–H and O–H groups in total. The largest absolute Gasteiger partial charge is 0.455 e. The Labute approximate surface area is 179 Å². The molecular formula is C24H25N3O2S. The van der Waals surface area contributed by atoms with E-state index in [0.29, 0.717) is 17.1 Å². The Bertz CT molecular complexity index is 1090. The second-order valence-electron chi connectivity index (χ2n) is 9.53. The second kappa shape index (κ2) is 6.84. The topological polar surface area (TPSA) is 65.0 Å². The number of thiazole rings is 1. The maximum atomic E-state index is 12.4. The molecule has 7 rings (SSSR count). The zero-order chi connectivity index (χ0) is 20.3. The van der Waals surface area contributed by atoms with Crippen LogP contribution in [0.25, 0.3) is 10.3 Å². The van der Waals surface area contributed by atoms with E-state index in [4.69, 9.17) is 9.72 Å². The van der Waals surface area contributed by atoms with Crippen molar-refractivity contribution in [2.45, 2.75) is 57.5 Å². The van der Waals surface area contributed by atoms with Gasteiger partial charge in [0, 0.05) is 5.41 Å². The quantitative estimate of drug-likeness (QED) is 0.543. The molecule has 4 fully saturated rings. The number of hydrogen-bond donors (Lipinski definition) is 0. The number of carbonyl (C=O) groups is 1. The lowest BCUT2D eigenvalue weighted by atomic mass is 9.50. The summed E-state index contributed by atoms with van der Waals surface area (Å²) in [5, 5.41) is 1.24. The van der Waals surface area contributed by atoms with Crippen LogP contribution < -0.4 is 0 Å². The van der Waals surface area contributed by atoms with Crippen LogP contribution in [0.3, 0.4) is 0 Å². The van der Waals surface area contributed by atoms with Gasteiger partial charge in [0.25, 0.3) is 0 Å². The Kier molecular flexibility index (Phi) is 4.20. The van der Waals surface area contributed by atoms with E-state index in [1.165, 1.54) is 43.5 Å². The Morgan fingerprint density at radius 1 is 1.03 bits per heavy atom. The fourth-order valence-corrected chi connectivity index (χ4v) is 7.71. The number of hydrogen-bond acceptors (Lipinski definition) is 6. The highest BCUT2D eigenvalue weighted by Crippen LogP contribution is 2.61. The average molecular weight is 420 g/mol. The summed E-state index contributed by atoms with van der Waals surface area (Å²) in [5.74, 6) is 3.00. The molecule has 0 unspecified atom stereocenters. The first-order chi connectivity index (χ1) is 14.6. The maximum Gasteiger partial charge on any atom is 0.338 e. The minimum Gasteiger partial charge on any atom is -0.455 e. The molecule has 4 aliphatic carbocycles. The molecule has 154 valence electrons. The Morgan fingerprint density at radius 3 is 2.37 bits per heavy atom. The highest BCUT2D eigenvalue weighted by atomic mass is 32.1. The second-order valence-corrected chi connectivity index (χ2v) is 10.5. The molecule has 3 aromatic rings. The first-order valence-electron chi connectivity index (χ1n) is 10.9. The van der Waals surface area contributed by atoms with E-state index in [1.54, 1.807) is 23.5 Å². The normalized spacial score (nSPS) is 29.4. The SMILES string of the molecule is Cc1nc(COC(=O)c2ccccc2)c2nc(C34CC5CC(CC(C5)C3)C4)sc2n1. The Morgan fingerprint density at radius 2 is 1.70 bits per heavy atom. The van der Waals surface area contributed by atoms with E-state index < -0.39 is 0 Å². The van der Waals surface area contributed by atoms with Crippen molar-refractivity contribution in [2.24, 2.45) is 17.8 Å². The zero-order valence-electron chi connectivity index (χ0n) is 17.1. The first-order valence-corrected chi connectivity index (χ1v) is 11.8. The summed E-state index contributed by atoms with van der Waals surface area (Å²) in [7, 11) is 0.